The van der Waals surface area contributed by atoms with Crippen LogP contribution in [0.15, 0.2) is 17.3 Å². The number of thiol groups is 1. The smallest absolute Gasteiger partial charge is 0.225 e. The van der Waals surface area contributed by atoms with Gasteiger partial charge in [-0.3, -0.25) is 0 Å². The molecule has 4 nitrogen and oxygen atoms in total. The third kappa shape index (κ3) is 2.16. The lowest BCUT2D eigenvalue weighted by molar-refractivity contribution is 0.311. The summed E-state index contributed by atoms with van der Waals surface area (Å²) in [6.45, 7) is 4.16. The summed E-state index contributed by atoms with van der Waals surface area (Å²) in [5, 5.41) is 0. The first-order chi connectivity index (χ1) is 6.75. The summed E-state index contributed by atoms with van der Waals surface area (Å²) in [5.41, 5.74) is 0. The maximum absolute atomic E-state index is 4.25. The Morgan fingerprint density at radius 1 is 1.14 bits per heavy atom. The van der Waals surface area contributed by atoms with Crippen LogP contribution in [0.25, 0.3) is 0 Å². The van der Waals surface area contributed by atoms with Crippen LogP contribution in [0.3, 0.4) is 0 Å². The Morgan fingerprint density at radius 3 is 2.29 bits per heavy atom. The Morgan fingerprint density at radius 2 is 1.71 bits per heavy atom. The molecular weight excluding hydrogens is 196 g/mol. The van der Waals surface area contributed by atoms with E-state index < -0.39 is 0 Å². The van der Waals surface area contributed by atoms with Crippen LogP contribution >= 0.6 is 12.6 Å². The number of anilines is 1. The SMILES string of the molecule is CN1CCN(c2ncc(S)cn2)CC1. The van der Waals surface area contributed by atoms with Crippen molar-refractivity contribution in [2.75, 3.05) is 38.1 Å². The summed E-state index contributed by atoms with van der Waals surface area (Å²) >= 11 is 4.16. The fourth-order valence-corrected chi connectivity index (χ4v) is 1.60. The molecule has 0 aliphatic carbocycles. The summed E-state index contributed by atoms with van der Waals surface area (Å²) in [7, 11) is 2.13. The molecule has 1 aromatic heterocycles. The number of hydrogen-bond acceptors (Lipinski definition) is 5. The number of aromatic nitrogens is 2. The Balaban J connectivity index is 2.05. The predicted octanol–water partition coefficient (Wildman–Crippen LogP) is 0.517. The highest BCUT2D eigenvalue weighted by atomic mass is 32.1. The number of likely N-dealkylation sites (N-methyl/N-ethyl adjacent to an activating group) is 1. The standard InChI is InChI=1S/C9H14N4S/c1-12-2-4-13(5-3-12)9-10-6-8(14)7-11-9/h6-7,14H,2-5H2,1H3. The van der Waals surface area contributed by atoms with Gasteiger partial charge in [-0.25, -0.2) is 9.97 Å². The zero-order valence-electron chi connectivity index (χ0n) is 8.22. The van der Waals surface area contributed by atoms with Crippen LogP contribution in [0.1, 0.15) is 0 Å². The topological polar surface area (TPSA) is 32.3 Å². The van der Waals surface area contributed by atoms with Gasteiger partial charge in [0.2, 0.25) is 5.95 Å². The first kappa shape index (κ1) is 9.73. The fraction of sp³-hybridized carbons (Fsp3) is 0.556. The first-order valence-electron chi connectivity index (χ1n) is 4.70. The second-order valence-corrected chi connectivity index (χ2v) is 4.05. The highest BCUT2D eigenvalue weighted by Gasteiger charge is 2.15. The van der Waals surface area contributed by atoms with Gasteiger partial charge >= 0.3 is 0 Å². The molecule has 1 fully saturated rings. The van der Waals surface area contributed by atoms with Crippen molar-refractivity contribution in [3.8, 4) is 0 Å². The van der Waals surface area contributed by atoms with Crippen LogP contribution in [0.2, 0.25) is 0 Å². The summed E-state index contributed by atoms with van der Waals surface area (Å²) < 4.78 is 0. The van der Waals surface area contributed by atoms with E-state index in [0.29, 0.717) is 0 Å². The molecule has 5 heteroatoms. The molecule has 0 bridgehead atoms. The Labute approximate surface area is 89.4 Å². The molecule has 2 heterocycles. The molecule has 1 aliphatic rings. The molecule has 0 saturated carbocycles. The van der Waals surface area contributed by atoms with Gasteiger partial charge in [-0.1, -0.05) is 0 Å². The van der Waals surface area contributed by atoms with Gasteiger partial charge in [0.1, 0.15) is 0 Å². The lowest BCUT2D eigenvalue weighted by atomic mass is 10.3. The summed E-state index contributed by atoms with van der Waals surface area (Å²) in [5.74, 6) is 0.816. The van der Waals surface area contributed by atoms with Gasteiger partial charge in [0, 0.05) is 43.5 Å². The van der Waals surface area contributed by atoms with Crippen molar-refractivity contribution in [3.05, 3.63) is 12.4 Å². The lowest BCUT2D eigenvalue weighted by Gasteiger charge is -2.32. The molecule has 2 rings (SSSR count). The zero-order chi connectivity index (χ0) is 9.97. The van der Waals surface area contributed by atoms with Gasteiger partial charge in [0.25, 0.3) is 0 Å². The third-order valence-electron chi connectivity index (χ3n) is 2.41. The predicted molar refractivity (Wildman–Crippen MR) is 59.0 cm³/mol. The number of piperazine rings is 1. The molecule has 76 valence electrons. The molecule has 1 aromatic rings. The van der Waals surface area contributed by atoms with Crippen molar-refractivity contribution in [2.45, 2.75) is 4.90 Å². The largest absolute Gasteiger partial charge is 0.338 e. The molecule has 14 heavy (non-hydrogen) atoms. The highest BCUT2D eigenvalue weighted by Crippen LogP contribution is 2.10. The quantitative estimate of drug-likeness (QED) is 0.685. The van der Waals surface area contributed by atoms with E-state index in [4.69, 9.17) is 0 Å². The van der Waals surface area contributed by atoms with Gasteiger partial charge in [-0.05, 0) is 7.05 Å². The summed E-state index contributed by atoms with van der Waals surface area (Å²) in [6.07, 6.45) is 3.48. The molecule has 0 atom stereocenters. The van der Waals surface area contributed by atoms with Gasteiger partial charge in [-0.15, -0.1) is 12.6 Å². The van der Waals surface area contributed by atoms with Crippen molar-refractivity contribution in [3.63, 3.8) is 0 Å². The molecule has 0 amide bonds. The molecule has 1 aliphatic heterocycles. The molecule has 0 radical (unpaired) electrons. The maximum Gasteiger partial charge on any atom is 0.225 e. The second-order valence-electron chi connectivity index (χ2n) is 3.53. The molecular formula is C9H14N4S. The molecule has 0 unspecified atom stereocenters. The van der Waals surface area contributed by atoms with E-state index in [1.807, 2.05) is 0 Å². The number of hydrogen-bond donors (Lipinski definition) is 1. The van der Waals surface area contributed by atoms with E-state index >= 15 is 0 Å². The van der Waals surface area contributed by atoms with Crippen LogP contribution in [0, 0.1) is 0 Å². The van der Waals surface area contributed by atoms with Gasteiger partial charge in [-0.2, -0.15) is 0 Å². The Kier molecular flexibility index (Phi) is 2.88. The Hall–Kier alpha value is -0.810. The number of rotatable bonds is 1. The van der Waals surface area contributed by atoms with Gasteiger partial charge in [0.15, 0.2) is 0 Å². The van der Waals surface area contributed by atoms with Gasteiger partial charge < -0.3 is 9.80 Å². The fourth-order valence-electron chi connectivity index (χ4n) is 1.48. The number of nitrogens with zero attached hydrogens (tertiary/aromatic N) is 4. The minimum absolute atomic E-state index is 0.808. The average molecular weight is 210 g/mol. The van der Waals surface area contributed by atoms with Gasteiger partial charge in [0.05, 0.1) is 0 Å². The van der Waals surface area contributed by atoms with Crippen molar-refractivity contribution in [2.24, 2.45) is 0 Å². The van der Waals surface area contributed by atoms with E-state index in [1.54, 1.807) is 12.4 Å². The monoisotopic (exact) mass is 210 g/mol. The van der Waals surface area contributed by atoms with Crippen molar-refractivity contribution < 1.29 is 0 Å². The third-order valence-corrected chi connectivity index (χ3v) is 2.64. The normalized spacial score (nSPS) is 18.6. The Bertz CT molecular complexity index is 292. The van der Waals surface area contributed by atoms with Crippen LogP contribution < -0.4 is 4.90 Å². The summed E-state index contributed by atoms with van der Waals surface area (Å²) in [6, 6.07) is 0. The van der Waals surface area contributed by atoms with E-state index in [2.05, 4.69) is 39.4 Å². The molecule has 0 aromatic carbocycles. The van der Waals surface area contributed by atoms with Crippen molar-refractivity contribution in [1.82, 2.24) is 14.9 Å². The molecule has 1 saturated heterocycles. The van der Waals surface area contributed by atoms with E-state index in [1.165, 1.54) is 0 Å². The van der Waals surface area contributed by atoms with Crippen LogP contribution in [-0.4, -0.2) is 48.1 Å². The zero-order valence-corrected chi connectivity index (χ0v) is 9.11. The van der Waals surface area contributed by atoms with Crippen LogP contribution in [0.5, 0.6) is 0 Å². The van der Waals surface area contributed by atoms with Crippen molar-refractivity contribution in [1.29, 1.82) is 0 Å². The maximum atomic E-state index is 4.25. The molecule has 0 spiro atoms. The average Bonchev–Trinajstić information content (AvgIpc) is 2.21. The van der Waals surface area contributed by atoms with E-state index in [0.717, 1.165) is 37.0 Å². The summed E-state index contributed by atoms with van der Waals surface area (Å²) in [4.78, 5) is 13.8. The second kappa shape index (κ2) is 4.14. The minimum Gasteiger partial charge on any atom is -0.338 e. The molecule has 0 N–H and O–H groups in total. The lowest BCUT2D eigenvalue weighted by Crippen LogP contribution is -2.45. The van der Waals surface area contributed by atoms with Crippen molar-refractivity contribution >= 4 is 18.6 Å². The minimum atomic E-state index is 0.808. The van der Waals surface area contributed by atoms with E-state index in [9.17, 15) is 0 Å². The van der Waals surface area contributed by atoms with E-state index in [-0.39, 0.29) is 0 Å². The highest BCUT2D eigenvalue weighted by molar-refractivity contribution is 7.80. The van der Waals surface area contributed by atoms with Crippen LogP contribution in [-0.2, 0) is 0 Å². The van der Waals surface area contributed by atoms with Crippen LogP contribution in [0.4, 0.5) is 5.95 Å². The first-order valence-corrected chi connectivity index (χ1v) is 5.15.